The maximum atomic E-state index is 11.4. The van der Waals surface area contributed by atoms with E-state index in [1.165, 1.54) is 0 Å². The zero-order valence-corrected chi connectivity index (χ0v) is 9.95. The number of carbonyl (C=O) groups excluding carboxylic acids is 1. The molecule has 0 aliphatic heterocycles. The molecule has 0 amide bonds. The van der Waals surface area contributed by atoms with Crippen LogP contribution in [0.15, 0.2) is 0 Å². The third-order valence-electron chi connectivity index (χ3n) is 1.91. The van der Waals surface area contributed by atoms with Crippen LogP contribution in [0.3, 0.4) is 0 Å². The summed E-state index contributed by atoms with van der Waals surface area (Å²) < 4.78 is 15.3. The van der Waals surface area contributed by atoms with Crippen molar-refractivity contribution in [3.05, 3.63) is 0 Å². The van der Waals surface area contributed by atoms with Gasteiger partial charge in [-0.3, -0.25) is 0 Å². The van der Waals surface area contributed by atoms with Crippen LogP contribution in [-0.4, -0.2) is 39.0 Å². The molecule has 0 fully saturated rings. The Morgan fingerprint density at radius 3 is 2.53 bits per heavy atom. The molecule has 0 radical (unpaired) electrons. The first kappa shape index (κ1) is 14.4. The van der Waals surface area contributed by atoms with E-state index in [2.05, 4.69) is 0 Å². The smallest absolute Gasteiger partial charge is 0.335 e. The fourth-order valence-corrected chi connectivity index (χ4v) is 1.20. The third kappa shape index (κ3) is 7.33. The molecule has 4 heteroatoms. The van der Waals surface area contributed by atoms with E-state index in [1.54, 1.807) is 14.0 Å². The number of hydrogen-bond acceptors (Lipinski definition) is 4. The van der Waals surface area contributed by atoms with Gasteiger partial charge in [0.15, 0.2) is 6.10 Å². The Hall–Kier alpha value is -0.610. The van der Waals surface area contributed by atoms with Crippen molar-refractivity contribution < 1.29 is 19.0 Å². The molecule has 0 aromatic carbocycles. The molecule has 15 heavy (non-hydrogen) atoms. The van der Waals surface area contributed by atoms with Gasteiger partial charge in [-0.25, -0.2) is 4.79 Å². The lowest BCUT2D eigenvalue weighted by Gasteiger charge is -2.15. The van der Waals surface area contributed by atoms with Crippen LogP contribution in [0.5, 0.6) is 0 Å². The second-order valence-electron chi connectivity index (χ2n) is 3.25. The topological polar surface area (TPSA) is 44.8 Å². The minimum atomic E-state index is -0.410. The van der Waals surface area contributed by atoms with Gasteiger partial charge in [0.25, 0.3) is 0 Å². The van der Waals surface area contributed by atoms with Crippen LogP contribution in [-0.2, 0) is 19.0 Å². The van der Waals surface area contributed by atoms with Crippen LogP contribution in [0.4, 0.5) is 0 Å². The van der Waals surface area contributed by atoms with E-state index in [1.807, 2.05) is 6.92 Å². The Labute approximate surface area is 91.9 Å². The predicted molar refractivity (Wildman–Crippen MR) is 57.8 cm³/mol. The van der Waals surface area contributed by atoms with E-state index in [4.69, 9.17) is 14.2 Å². The summed E-state index contributed by atoms with van der Waals surface area (Å²) in [5, 5.41) is 0. The summed E-state index contributed by atoms with van der Waals surface area (Å²) in [6.45, 7) is 5.41. The number of hydrogen-bond donors (Lipinski definition) is 0. The summed E-state index contributed by atoms with van der Waals surface area (Å²) >= 11 is 0. The van der Waals surface area contributed by atoms with Crippen molar-refractivity contribution in [2.75, 3.05) is 26.9 Å². The number of rotatable bonds is 9. The van der Waals surface area contributed by atoms with E-state index < -0.39 is 6.10 Å². The molecule has 1 unspecified atom stereocenters. The molecule has 0 aromatic heterocycles. The lowest BCUT2D eigenvalue weighted by atomic mass is 10.2. The normalized spacial score (nSPS) is 12.5. The molecule has 0 aromatic rings. The number of methoxy groups -OCH3 is 1. The Morgan fingerprint density at radius 2 is 2.00 bits per heavy atom. The number of esters is 1. The first-order valence-corrected chi connectivity index (χ1v) is 5.53. The lowest BCUT2D eigenvalue weighted by molar-refractivity contribution is -0.157. The summed E-state index contributed by atoms with van der Waals surface area (Å²) in [5.41, 5.74) is 0. The van der Waals surface area contributed by atoms with Crippen molar-refractivity contribution in [1.29, 1.82) is 0 Å². The highest BCUT2D eigenvalue weighted by Crippen LogP contribution is 2.05. The Morgan fingerprint density at radius 1 is 1.27 bits per heavy atom. The number of ether oxygens (including phenoxy) is 3. The summed E-state index contributed by atoms with van der Waals surface area (Å²) in [7, 11) is 1.65. The van der Waals surface area contributed by atoms with Gasteiger partial charge in [0, 0.05) is 20.3 Å². The maximum Gasteiger partial charge on any atom is 0.335 e. The molecule has 0 saturated heterocycles. The molecular formula is C11H22O4. The van der Waals surface area contributed by atoms with Crippen LogP contribution in [0.2, 0.25) is 0 Å². The van der Waals surface area contributed by atoms with Gasteiger partial charge in [0.2, 0.25) is 0 Å². The fraction of sp³-hybridized carbons (Fsp3) is 0.909. The lowest BCUT2D eigenvalue weighted by Crippen LogP contribution is -2.27. The van der Waals surface area contributed by atoms with Gasteiger partial charge < -0.3 is 14.2 Å². The summed E-state index contributed by atoms with van der Waals surface area (Å²) in [6, 6.07) is 0. The van der Waals surface area contributed by atoms with Crippen molar-refractivity contribution in [2.24, 2.45) is 0 Å². The SMILES string of the molecule is CCCC(OCCCOC)C(=O)OCC. The molecular weight excluding hydrogens is 196 g/mol. The minimum absolute atomic E-state index is 0.253. The van der Waals surface area contributed by atoms with Gasteiger partial charge in [-0.2, -0.15) is 0 Å². The highest BCUT2D eigenvalue weighted by molar-refractivity contribution is 5.74. The monoisotopic (exact) mass is 218 g/mol. The Kier molecular flexibility index (Phi) is 9.52. The quantitative estimate of drug-likeness (QED) is 0.437. The van der Waals surface area contributed by atoms with Gasteiger partial charge in [0.05, 0.1) is 6.61 Å². The average Bonchev–Trinajstić information content (AvgIpc) is 2.23. The third-order valence-corrected chi connectivity index (χ3v) is 1.91. The molecule has 0 heterocycles. The maximum absolute atomic E-state index is 11.4. The van der Waals surface area contributed by atoms with Crippen molar-refractivity contribution >= 4 is 5.97 Å². The van der Waals surface area contributed by atoms with E-state index in [0.717, 1.165) is 12.8 Å². The summed E-state index contributed by atoms with van der Waals surface area (Å²) in [6.07, 6.45) is 2.02. The van der Waals surface area contributed by atoms with Gasteiger partial charge in [-0.15, -0.1) is 0 Å². The fourth-order valence-electron chi connectivity index (χ4n) is 1.20. The Balaban J connectivity index is 3.76. The first-order valence-electron chi connectivity index (χ1n) is 5.53. The van der Waals surface area contributed by atoms with Crippen LogP contribution in [0.1, 0.15) is 33.1 Å². The molecule has 0 aliphatic rings. The van der Waals surface area contributed by atoms with Crippen molar-refractivity contribution in [2.45, 2.75) is 39.2 Å². The van der Waals surface area contributed by atoms with Crippen LogP contribution in [0.25, 0.3) is 0 Å². The van der Waals surface area contributed by atoms with E-state index >= 15 is 0 Å². The van der Waals surface area contributed by atoms with Crippen LogP contribution in [0, 0.1) is 0 Å². The molecule has 0 spiro atoms. The first-order chi connectivity index (χ1) is 7.26. The highest BCUT2D eigenvalue weighted by Gasteiger charge is 2.18. The molecule has 90 valence electrons. The predicted octanol–water partition coefficient (Wildman–Crippen LogP) is 1.77. The summed E-state index contributed by atoms with van der Waals surface area (Å²) in [4.78, 5) is 11.4. The molecule has 0 bridgehead atoms. The zero-order valence-electron chi connectivity index (χ0n) is 9.95. The molecule has 1 atom stereocenters. The molecule has 0 aliphatic carbocycles. The highest BCUT2D eigenvalue weighted by atomic mass is 16.6. The molecule has 0 saturated carbocycles. The minimum Gasteiger partial charge on any atom is -0.464 e. The molecule has 0 rings (SSSR count). The largest absolute Gasteiger partial charge is 0.464 e. The van der Waals surface area contributed by atoms with E-state index in [9.17, 15) is 4.79 Å². The van der Waals surface area contributed by atoms with Gasteiger partial charge in [0.1, 0.15) is 0 Å². The van der Waals surface area contributed by atoms with Crippen molar-refractivity contribution in [3.8, 4) is 0 Å². The second kappa shape index (κ2) is 9.93. The van der Waals surface area contributed by atoms with Crippen molar-refractivity contribution in [3.63, 3.8) is 0 Å². The van der Waals surface area contributed by atoms with Gasteiger partial charge in [-0.05, 0) is 19.8 Å². The van der Waals surface area contributed by atoms with E-state index in [-0.39, 0.29) is 5.97 Å². The van der Waals surface area contributed by atoms with E-state index in [0.29, 0.717) is 26.2 Å². The van der Waals surface area contributed by atoms with Crippen LogP contribution >= 0.6 is 0 Å². The molecule has 0 N–H and O–H groups in total. The average molecular weight is 218 g/mol. The van der Waals surface area contributed by atoms with Crippen molar-refractivity contribution in [1.82, 2.24) is 0 Å². The number of carbonyl (C=O) groups is 1. The standard InChI is InChI=1S/C11H22O4/c1-4-7-10(11(12)14-5-2)15-9-6-8-13-3/h10H,4-9H2,1-3H3. The second-order valence-corrected chi connectivity index (χ2v) is 3.25. The molecule has 4 nitrogen and oxygen atoms in total. The van der Waals surface area contributed by atoms with Gasteiger partial charge >= 0.3 is 5.97 Å². The zero-order chi connectivity index (χ0) is 11.5. The summed E-state index contributed by atoms with van der Waals surface area (Å²) in [5.74, 6) is -0.253. The van der Waals surface area contributed by atoms with Gasteiger partial charge in [-0.1, -0.05) is 13.3 Å². The van der Waals surface area contributed by atoms with Crippen LogP contribution < -0.4 is 0 Å². The Bertz CT molecular complexity index is 159.